The normalized spacial score (nSPS) is 26.8. The third kappa shape index (κ3) is 2.06. The summed E-state index contributed by atoms with van der Waals surface area (Å²) >= 11 is 1.72. The highest BCUT2D eigenvalue weighted by atomic mass is 32.1. The topological polar surface area (TPSA) is 29.5 Å². The Morgan fingerprint density at radius 2 is 2.40 bits per heavy atom. The van der Waals surface area contributed by atoms with Crippen LogP contribution in [0.3, 0.4) is 0 Å². The lowest BCUT2D eigenvalue weighted by Gasteiger charge is -2.14. The van der Waals surface area contributed by atoms with Crippen LogP contribution in [0.4, 0.5) is 0 Å². The largest absolute Gasteiger partial charge is 0.469 e. The van der Waals surface area contributed by atoms with Gasteiger partial charge in [0.15, 0.2) is 0 Å². The number of likely N-dealkylation sites (N-methyl/N-ethyl adjacent to an activating group) is 1. The molecule has 0 saturated carbocycles. The summed E-state index contributed by atoms with van der Waals surface area (Å²) in [6.45, 7) is 1.75. The number of hydrogen-bond acceptors (Lipinski definition) is 4. The minimum Gasteiger partial charge on any atom is -0.469 e. The number of carbonyl (C=O) groups excluding carboxylic acids is 1. The maximum atomic E-state index is 11.6. The lowest BCUT2D eigenvalue weighted by atomic mass is 9.95. The second-order valence-corrected chi connectivity index (χ2v) is 4.95. The van der Waals surface area contributed by atoms with E-state index in [1.54, 1.807) is 11.3 Å². The Hall–Kier alpha value is -0.870. The molecule has 1 aliphatic rings. The lowest BCUT2D eigenvalue weighted by Crippen LogP contribution is -2.22. The molecule has 3 nitrogen and oxygen atoms in total. The van der Waals surface area contributed by atoms with Crippen LogP contribution < -0.4 is 0 Å². The van der Waals surface area contributed by atoms with Gasteiger partial charge in [-0.3, -0.25) is 4.79 Å². The van der Waals surface area contributed by atoms with Crippen molar-refractivity contribution in [1.29, 1.82) is 0 Å². The molecule has 2 rings (SSSR count). The van der Waals surface area contributed by atoms with E-state index >= 15 is 0 Å². The van der Waals surface area contributed by atoms with E-state index in [0.29, 0.717) is 5.92 Å². The number of ether oxygens (including phenoxy) is 1. The molecule has 0 unspecified atom stereocenters. The highest BCUT2D eigenvalue weighted by Gasteiger charge is 2.38. The van der Waals surface area contributed by atoms with Crippen LogP contribution in [-0.4, -0.2) is 38.1 Å². The Balaban J connectivity index is 2.19. The Morgan fingerprint density at radius 1 is 1.60 bits per heavy atom. The summed E-state index contributed by atoms with van der Waals surface area (Å²) in [6, 6.07) is 4.14. The first-order chi connectivity index (χ1) is 7.22. The highest BCUT2D eigenvalue weighted by molar-refractivity contribution is 7.10. The number of thiophene rings is 1. The molecule has 15 heavy (non-hydrogen) atoms. The molecule has 1 aliphatic heterocycles. The summed E-state index contributed by atoms with van der Waals surface area (Å²) in [5.74, 6) is 0.221. The molecule has 0 radical (unpaired) electrons. The van der Waals surface area contributed by atoms with Gasteiger partial charge in [-0.15, -0.1) is 11.3 Å². The molecule has 0 spiro atoms. The Bertz CT molecular complexity index is 336. The number of hydrogen-bond donors (Lipinski definition) is 0. The fraction of sp³-hybridized carbons (Fsp3) is 0.545. The zero-order valence-corrected chi connectivity index (χ0v) is 9.79. The van der Waals surface area contributed by atoms with Crippen molar-refractivity contribution >= 4 is 17.3 Å². The van der Waals surface area contributed by atoms with Gasteiger partial charge in [0.1, 0.15) is 0 Å². The first kappa shape index (κ1) is 10.6. The van der Waals surface area contributed by atoms with Gasteiger partial charge in [-0.2, -0.15) is 0 Å². The van der Waals surface area contributed by atoms with Gasteiger partial charge < -0.3 is 9.64 Å². The van der Waals surface area contributed by atoms with Crippen LogP contribution in [0.15, 0.2) is 17.5 Å². The van der Waals surface area contributed by atoms with Crippen LogP contribution in [0.25, 0.3) is 0 Å². The molecule has 1 aromatic heterocycles. The minimum absolute atomic E-state index is 0.00125. The van der Waals surface area contributed by atoms with Crippen molar-refractivity contribution in [2.45, 2.75) is 5.92 Å². The predicted octanol–water partition coefficient (Wildman–Crippen LogP) is 1.57. The summed E-state index contributed by atoms with van der Waals surface area (Å²) < 4.78 is 4.85. The molecule has 0 aromatic carbocycles. The number of likely N-dealkylation sites (tertiary alicyclic amines) is 1. The summed E-state index contributed by atoms with van der Waals surface area (Å²) in [5, 5.41) is 2.06. The van der Waals surface area contributed by atoms with E-state index in [1.807, 2.05) is 13.1 Å². The number of rotatable bonds is 2. The summed E-state index contributed by atoms with van der Waals surface area (Å²) in [5.41, 5.74) is 0. The van der Waals surface area contributed by atoms with E-state index in [9.17, 15) is 4.79 Å². The van der Waals surface area contributed by atoms with Crippen molar-refractivity contribution in [3.8, 4) is 0 Å². The molecule has 1 aromatic rings. The van der Waals surface area contributed by atoms with Gasteiger partial charge in [-0.25, -0.2) is 0 Å². The Labute approximate surface area is 93.7 Å². The van der Waals surface area contributed by atoms with Gasteiger partial charge in [0, 0.05) is 23.9 Å². The molecule has 4 heteroatoms. The number of carbonyl (C=O) groups is 1. The quantitative estimate of drug-likeness (QED) is 0.715. The summed E-state index contributed by atoms with van der Waals surface area (Å²) in [4.78, 5) is 15.1. The first-order valence-electron chi connectivity index (χ1n) is 5.02. The van der Waals surface area contributed by atoms with Crippen LogP contribution in [-0.2, 0) is 9.53 Å². The van der Waals surface area contributed by atoms with Crippen LogP contribution in [0, 0.1) is 5.92 Å². The highest BCUT2D eigenvalue weighted by Crippen LogP contribution is 2.34. The van der Waals surface area contributed by atoms with Crippen molar-refractivity contribution in [2.75, 3.05) is 27.2 Å². The van der Waals surface area contributed by atoms with Crippen molar-refractivity contribution in [1.82, 2.24) is 4.90 Å². The van der Waals surface area contributed by atoms with Gasteiger partial charge in [-0.05, 0) is 18.5 Å². The third-order valence-electron chi connectivity index (χ3n) is 2.92. The molecule has 2 atom stereocenters. The van der Waals surface area contributed by atoms with Gasteiger partial charge >= 0.3 is 5.97 Å². The van der Waals surface area contributed by atoms with Crippen LogP contribution >= 0.6 is 11.3 Å². The van der Waals surface area contributed by atoms with Crippen molar-refractivity contribution < 1.29 is 9.53 Å². The summed E-state index contributed by atoms with van der Waals surface area (Å²) in [7, 11) is 3.51. The van der Waals surface area contributed by atoms with Crippen molar-refractivity contribution in [3.63, 3.8) is 0 Å². The smallest absolute Gasteiger partial charge is 0.310 e. The van der Waals surface area contributed by atoms with Gasteiger partial charge in [0.2, 0.25) is 0 Å². The Kier molecular flexibility index (Phi) is 3.07. The molecular weight excluding hydrogens is 210 g/mol. The average molecular weight is 225 g/mol. The monoisotopic (exact) mass is 225 g/mol. The van der Waals surface area contributed by atoms with Crippen LogP contribution in [0.2, 0.25) is 0 Å². The molecule has 1 fully saturated rings. The Morgan fingerprint density at radius 3 is 3.00 bits per heavy atom. The number of nitrogens with zero attached hydrogens (tertiary/aromatic N) is 1. The molecule has 1 saturated heterocycles. The van der Waals surface area contributed by atoms with E-state index in [4.69, 9.17) is 4.74 Å². The minimum atomic E-state index is -0.0854. The fourth-order valence-corrected chi connectivity index (χ4v) is 3.07. The van der Waals surface area contributed by atoms with Crippen LogP contribution in [0.5, 0.6) is 0 Å². The zero-order valence-electron chi connectivity index (χ0n) is 8.97. The SMILES string of the molecule is COC(=O)[C@H]1CN(C)C[C@H]1c1cccs1. The molecule has 0 bridgehead atoms. The van der Waals surface area contributed by atoms with Gasteiger partial charge in [0.25, 0.3) is 0 Å². The third-order valence-corrected chi connectivity index (χ3v) is 3.92. The molecule has 0 amide bonds. The van der Waals surface area contributed by atoms with Crippen molar-refractivity contribution in [2.24, 2.45) is 5.92 Å². The fourth-order valence-electron chi connectivity index (χ4n) is 2.18. The standard InChI is InChI=1S/C11H15NO2S/c1-12-6-8(10-4-3-5-15-10)9(7-12)11(13)14-2/h3-5,8-9H,6-7H2,1-2H3/t8-,9+/m1/s1. The van der Waals surface area contributed by atoms with Gasteiger partial charge in [0.05, 0.1) is 13.0 Å². The number of esters is 1. The van der Waals surface area contributed by atoms with E-state index < -0.39 is 0 Å². The molecule has 2 heterocycles. The second-order valence-electron chi connectivity index (χ2n) is 3.97. The van der Waals surface area contributed by atoms with Crippen LogP contribution in [0.1, 0.15) is 10.8 Å². The molecule has 82 valence electrons. The zero-order chi connectivity index (χ0) is 10.8. The maximum Gasteiger partial charge on any atom is 0.310 e. The van der Waals surface area contributed by atoms with E-state index in [-0.39, 0.29) is 11.9 Å². The maximum absolute atomic E-state index is 11.6. The second kappa shape index (κ2) is 4.33. The lowest BCUT2D eigenvalue weighted by molar-refractivity contribution is -0.145. The van der Waals surface area contributed by atoms with E-state index in [1.165, 1.54) is 12.0 Å². The van der Waals surface area contributed by atoms with Crippen molar-refractivity contribution in [3.05, 3.63) is 22.4 Å². The average Bonchev–Trinajstić information content (AvgIpc) is 2.84. The molecule has 0 aliphatic carbocycles. The number of methoxy groups -OCH3 is 1. The van der Waals surface area contributed by atoms with E-state index in [2.05, 4.69) is 16.3 Å². The van der Waals surface area contributed by atoms with Gasteiger partial charge in [-0.1, -0.05) is 6.07 Å². The van der Waals surface area contributed by atoms with E-state index in [0.717, 1.165) is 13.1 Å². The summed E-state index contributed by atoms with van der Waals surface area (Å²) in [6.07, 6.45) is 0. The predicted molar refractivity (Wildman–Crippen MR) is 60.1 cm³/mol. The molecule has 0 N–H and O–H groups in total. The first-order valence-corrected chi connectivity index (χ1v) is 5.90. The molecular formula is C11H15NO2S.